The average molecular weight is 494 g/mol. The lowest BCUT2D eigenvalue weighted by atomic mass is 9.86. The largest absolute Gasteiger partial charge is 0.382 e. The molecule has 2 fully saturated rings. The third kappa shape index (κ3) is 8.54. The Bertz CT molecular complexity index is 481. The van der Waals surface area contributed by atoms with Crippen LogP contribution < -0.4 is 10.6 Å². The summed E-state index contributed by atoms with van der Waals surface area (Å²) in [5, 5.41) is 7.13. The number of hydrogen-bond donors (Lipinski definition) is 2. The smallest absolute Gasteiger partial charge is 0.243 e. The number of likely N-dealkylation sites (N-methyl/N-ethyl adjacent to an activating group) is 1. The van der Waals surface area contributed by atoms with E-state index >= 15 is 0 Å². The van der Waals surface area contributed by atoms with Crippen LogP contribution in [0, 0.1) is 11.3 Å². The third-order valence-electron chi connectivity index (χ3n) is 5.87. The van der Waals surface area contributed by atoms with Crippen LogP contribution in [0.4, 0.5) is 0 Å². The monoisotopic (exact) mass is 494 g/mol. The second kappa shape index (κ2) is 12.1. The molecule has 6 nitrogen and oxygen atoms in total. The van der Waals surface area contributed by atoms with Crippen LogP contribution in [0.5, 0.6) is 0 Å². The minimum atomic E-state index is 0. The predicted octanol–water partition coefficient (Wildman–Crippen LogP) is 3.01. The molecule has 2 N–H and O–H groups in total. The van der Waals surface area contributed by atoms with Crippen LogP contribution in [-0.2, 0) is 9.53 Å². The standard InChI is InChI=1S/C20H38N4O2.HI/c1-5-26-13-12-20(10-11-20)15-22-19(21-14-18(25)24(3)4)23-17-9-7-6-8-16(17)2;/h16-17H,5-15H2,1-4H3,(H2,21,22,23);1H. The molecule has 0 bridgehead atoms. The molecule has 2 rings (SSSR count). The number of guanidine groups is 1. The van der Waals surface area contributed by atoms with E-state index in [1.807, 2.05) is 6.92 Å². The molecule has 2 unspecified atom stereocenters. The summed E-state index contributed by atoms with van der Waals surface area (Å²) < 4.78 is 5.53. The van der Waals surface area contributed by atoms with E-state index in [2.05, 4.69) is 22.5 Å². The minimum absolute atomic E-state index is 0. The molecule has 0 spiro atoms. The number of carbonyl (C=O) groups is 1. The van der Waals surface area contributed by atoms with Crippen molar-refractivity contribution >= 4 is 35.8 Å². The van der Waals surface area contributed by atoms with E-state index in [-0.39, 0.29) is 36.4 Å². The molecule has 0 aliphatic heterocycles. The first-order valence-corrected chi connectivity index (χ1v) is 10.3. The lowest BCUT2D eigenvalue weighted by Gasteiger charge is -2.31. The van der Waals surface area contributed by atoms with Crippen molar-refractivity contribution in [1.82, 2.24) is 15.5 Å². The number of hydrogen-bond acceptors (Lipinski definition) is 3. The first-order chi connectivity index (χ1) is 12.5. The van der Waals surface area contributed by atoms with E-state index in [1.54, 1.807) is 19.0 Å². The van der Waals surface area contributed by atoms with E-state index < -0.39 is 0 Å². The van der Waals surface area contributed by atoms with Crippen LogP contribution in [0.1, 0.15) is 58.8 Å². The molecule has 2 atom stereocenters. The zero-order valence-corrected chi connectivity index (χ0v) is 19.9. The Kier molecular flexibility index (Phi) is 11.0. The molecular formula is C20H39IN4O2. The van der Waals surface area contributed by atoms with Crippen molar-refractivity contribution in [1.29, 1.82) is 0 Å². The Labute approximate surface area is 182 Å². The highest BCUT2D eigenvalue weighted by atomic mass is 127. The van der Waals surface area contributed by atoms with Gasteiger partial charge in [0.1, 0.15) is 6.54 Å². The zero-order chi connectivity index (χ0) is 19.0. The lowest BCUT2D eigenvalue weighted by Crippen LogP contribution is -2.48. The molecule has 0 heterocycles. The topological polar surface area (TPSA) is 66.0 Å². The Balaban J connectivity index is 0.00000364. The minimum Gasteiger partial charge on any atom is -0.382 e. The van der Waals surface area contributed by atoms with Crippen LogP contribution in [0.2, 0.25) is 0 Å². The van der Waals surface area contributed by atoms with Crippen molar-refractivity contribution in [3.8, 4) is 0 Å². The summed E-state index contributed by atoms with van der Waals surface area (Å²) in [5.41, 5.74) is 0.349. The SMILES string of the molecule is CCOCCC1(CNC(=NCC(=O)N(C)C)NC2CCCCC2C)CC1.I. The number of carbonyl (C=O) groups excluding carboxylic acids is 1. The van der Waals surface area contributed by atoms with Gasteiger partial charge in [-0.25, -0.2) is 4.99 Å². The number of nitrogens with one attached hydrogen (secondary N) is 2. The van der Waals surface area contributed by atoms with Gasteiger partial charge in [0, 0.05) is 39.9 Å². The predicted molar refractivity (Wildman–Crippen MR) is 122 cm³/mol. The van der Waals surface area contributed by atoms with E-state index in [0.29, 0.717) is 17.4 Å². The van der Waals surface area contributed by atoms with Crippen molar-refractivity contribution in [2.75, 3.05) is 40.4 Å². The molecule has 0 aromatic heterocycles. The van der Waals surface area contributed by atoms with Crippen molar-refractivity contribution < 1.29 is 9.53 Å². The van der Waals surface area contributed by atoms with Crippen molar-refractivity contribution in [3.05, 3.63) is 0 Å². The maximum atomic E-state index is 11.9. The van der Waals surface area contributed by atoms with Gasteiger partial charge in [0.25, 0.3) is 0 Å². The highest BCUT2D eigenvalue weighted by Gasteiger charge is 2.42. The summed E-state index contributed by atoms with van der Waals surface area (Å²) in [7, 11) is 3.54. The highest BCUT2D eigenvalue weighted by Crippen LogP contribution is 2.48. The first kappa shape index (κ1) is 24.5. The van der Waals surface area contributed by atoms with Gasteiger partial charge in [-0.2, -0.15) is 0 Å². The zero-order valence-electron chi connectivity index (χ0n) is 17.6. The van der Waals surface area contributed by atoms with Crippen molar-refractivity contribution in [2.45, 2.75) is 64.8 Å². The van der Waals surface area contributed by atoms with E-state index in [9.17, 15) is 4.79 Å². The summed E-state index contributed by atoms with van der Waals surface area (Å²) in [4.78, 5) is 18.1. The maximum Gasteiger partial charge on any atom is 0.243 e. The number of aliphatic imine (C=N–C) groups is 1. The van der Waals surface area contributed by atoms with Gasteiger partial charge in [-0.3, -0.25) is 4.79 Å². The third-order valence-corrected chi connectivity index (χ3v) is 5.87. The van der Waals surface area contributed by atoms with Gasteiger partial charge in [0.15, 0.2) is 5.96 Å². The van der Waals surface area contributed by atoms with E-state index in [1.165, 1.54) is 38.5 Å². The second-order valence-electron chi connectivity index (χ2n) is 8.27. The molecule has 1 amide bonds. The molecule has 2 aliphatic rings. The number of halogens is 1. The van der Waals surface area contributed by atoms with Crippen molar-refractivity contribution in [2.24, 2.45) is 16.3 Å². The van der Waals surface area contributed by atoms with Gasteiger partial charge in [-0.15, -0.1) is 24.0 Å². The lowest BCUT2D eigenvalue weighted by molar-refractivity contribution is -0.127. The van der Waals surface area contributed by atoms with Gasteiger partial charge in [0.2, 0.25) is 5.91 Å². The van der Waals surface area contributed by atoms with Crippen LogP contribution in [0.15, 0.2) is 4.99 Å². The van der Waals surface area contributed by atoms with Crippen LogP contribution >= 0.6 is 24.0 Å². The maximum absolute atomic E-state index is 11.9. The number of rotatable bonds is 9. The highest BCUT2D eigenvalue weighted by molar-refractivity contribution is 14.0. The molecular weight excluding hydrogens is 455 g/mol. The van der Waals surface area contributed by atoms with Gasteiger partial charge >= 0.3 is 0 Å². The summed E-state index contributed by atoms with van der Waals surface area (Å²) in [6.07, 6.45) is 8.62. The van der Waals surface area contributed by atoms with Crippen LogP contribution in [0.25, 0.3) is 0 Å². The van der Waals surface area contributed by atoms with E-state index in [4.69, 9.17) is 4.74 Å². The molecule has 27 heavy (non-hydrogen) atoms. The first-order valence-electron chi connectivity index (χ1n) is 10.3. The normalized spacial score (nSPS) is 23.9. The summed E-state index contributed by atoms with van der Waals surface area (Å²) >= 11 is 0. The van der Waals surface area contributed by atoms with Gasteiger partial charge < -0.3 is 20.3 Å². The second-order valence-corrected chi connectivity index (χ2v) is 8.27. The quantitative estimate of drug-likeness (QED) is 0.224. The fourth-order valence-electron chi connectivity index (χ4n) is 3.54. The molecule has 2 saturated carbocycles. The Morgan fingerprint density at radius 2 is 1.96 bits per heavy atom. The van der Waals surface area contributed by atoms with Gasteiger partial charge in [-0.1, -0.05) is 19.8 Å². The Morgan fingerprint density at radius 1 is 1.26 bits per heavy atom. The summed E-state index contributed by atoms with van der Waals surface area (Å²) in [5.74, 6) is 1.47. The van der Waals surface area contributed by atoms with Crippen LogP contribution in [-0.4, -0.2) is 63.2 Å². The molecule has 0 radical (unpaired) electrons. The summed E-state index contributed by atoms with van der Waals surface area (Å²) in [6.45, 7) is 7.06. The molecule has 0 saturated heterocycles. The number of amides is 1. The summed E-state index contributed by atoms with van der Waals surface area (Å²) in [6, 6.07) is 0.447. The average Bonchev–Trinajstić information content (AvgIpc) is 3.39. The van der Waals surface area contributed by atoms with Gasteiger partial charge in [-0.05, 0) is 50.4 Å². The van der Waals surface area contributed by atoms with Crippen molar-refractivity contribution in [3.63, 3.8) is 0 Å². The molecule has 0 aromatic rings. The fraction of sp³-hybridized carbons (Fsp3) is 0.900. The molecule has 158 valence electrons. The van der Waals surface area contributed by atoms with E-state index in [0.717, 1.165) is 32.1 Å². The molecule has 0 aromatic carbocycles. The van der Waals surface area contributed by atoms with Gasteiger partial charge in [0.05, 0.1) is 0 Å². The Morgan fingerprint density at radius 3 is 2.56 bits per heavy atom. The fourth-order valence-corrected chi connectivity index (χ4v) is 3.54. The van der Waals surface area contributed by atoms with Crippen LogP contribution in [0.3, 0.4) is 0 Å². The number of nitrogens with zero attached hydrogens (tertiary/aromatic N) is 2. The Hall–Kier alpha value is -0.570. The molecule has 2 aliphatic carbocycles. The number of ether oxygens (including phenoxy) is 1. The molecule has 7 heteroatoms.